The van der Waals surface area contributed by atoms with Gasteiger partial charge in [0.15, 0.2) is 0 Å². The molecule has 4 radical (unpaired) electrons. The zero-order valence-corrected chi connectivity index (χ0v) is 14.9. The van der Waals surface area contributed by atoms with Crippen LogP contribution in [0.15, 0.2) is 24.3 Å². The Balaban J connectivity index is 2.06. The van der Waals surface area contributed by atoms with Crippen LogP contribution in [0.3, 0.4) is 0 Å². The first-order chi connectivity index (χ1) is 9.91. The molecule has 0 heterocycles. The van der Waals surface area contributed by atoms with E-state index in [1.54, 1.807) is 0 Å². The molecule has 108 valence electrons. The Labute approximate surface area is 131 Å². The Bertz CT molecular complexity index is 614. The number of nitrogens with two attached hydrogens (primary N) is 2. The highest BCUT2D eigenvalue weighted by molar-refractivity contribution is 6.60. The topological polar surface area (TPSA) is 61.3 Å². The maximum Gasteiger partial charge on any atom is 0.257 e. The molecule has 5 heteroatoms. The molecule has 0 amide bonds. The molecule has 2 aromatic carbocycles. The minimum Gasteiger partial charge on any atom is -0.450 e. The zero-order valence-electron chi connectivity index (χ0n) is 12.9. The molecule has 0 fully saturated rings. The van der Waals surface area contributed by atoms with Crippen molar-refractivity contribution in [2.75, 3.05) is 11.5 Å². The molecular formula is C16H20N2OSi2. The summed E-state index contributed by atoms with van der Waals surface area (Å²) in [5.74, 6) is 0. The maximum absolute atomic E-state index is 5.93. The van der Waals surface area contributed by atoms with Crippen LogP contribution >= 0.6 is 0 Å². The van der Waals surface area contributed by atoms with Crippen LogP contribution in [0.1, 0.15) is 22.3 Å². The van der Waals surface area contributed by atoms with E-state index in [4.69, 9.17) is 15.6 Å². The maximum atomic E-state index is 5.93. The average molecular weight is 313 g/mol. The van der Waals surface area contributed by atoms with Gasteiger partial charge in [0.05, 0.1) is 0 Å². The number of benzene rings is 2. The normalized spacial score (nSPS) is 10.9. The third kappa shape index (κ3) is 3.37. The summed E-state index contributed by atoms with van der Waals surface area (Å²) >= 11 is 0. The number of hydrogen-bond donors (Lipinski definition) is 2. The van der Waals surface area contributed by atoms with Crippen molar-refractivity contribution in [1.82, 2.24) is 0 Å². The van der Waals surface area contributed by atoms with Gasteiger partial charge in [-0.05, 0) is 72.5 Å². The van der Waals surface area contributed by atoms with Crippen molar-refractivity contribution in [2.45, 2.75) is 27.7 Å². The van der Waals surface area contributed by atoms with Gasteiger partial charge in [-0.2, -0.15) is 0 Å². The van der Waals surface area contributed by atoms with Gasteiger partial charge in [0, 0.05) is 11.4 Å². The largest absolute Gasteiger partial charge is 0.450 e. The molecule has 0 spiro atoms. The molecule has 0 unspecified atom stereocenters. The van der Waals surface area contributed by atoms with Crippen LogP contribution in [0, 0.1) is 27.7 Å². The minimum atomic E-state index is 0.338. The van der Waals surface area contributed by atoms with Gasteiger partial charge in [-0.3, -0.25) is 0 Å². The first-order valence-electron chi connectivity index (χ1n) is 6.81. The van der Waals surface area contributed by atoms with Crippen LogP contribution in [0.2, 0.25) is 0 Å². The Kier molecular flexibility index (Phi) is 4.87. The molecule has 0 atom stereocenters. The molecular weight excluding hydrogens is 292 g/mol. The third-order valence-corrected chi connectivity index (χ3v) is 6.32. The van der Waals surface area contributed by atoms with Crippen molar-refractivity contribution in [3.05, 3.63) is 46.5 Å². The van der Waals surface area contributed by atoms with Crippen molar-refractivity contribution in [3.8, 4) is 0 Å². The molecule has 2 rings (SSSR count). The van der Waals surface area contributed by atoms with Gasteiger partial charge in [-0.25, -0.2) is 0 Å². The molecule has 0 saturated carbocycles. The van der Waals surface area contributed by atoms with E-state index in [0.717, 1.165) is 22.5 Å². The van der Waals surface area contributed by atoms with E-state index in [9.17, 15) is 0 Å². The average Bonchev–Trinajstić information content (AvgIpc) is 2.47. The second kappa shape index (κ2) is 6.47. The Morgan fingerprint density at radius 1 is 0.667 bits per heavy atom. The highest BCUT2D eigenvalue weighted by Gasteiger charge is 2.09. The molecule has 4 N–H and O–H groups in total. The lowest BCUT2D eigenvalue weighted by molar-refractivity contribution is 0.662. The first kappa shape index (κ1) is 15.8. The molecule has 3 nitrogen and oxygen atoms in total. The van der Waals surface area contributed by atoms with Gasteiger partial charge in [0.1, 0.15) is 0 Å². The lowest BCUT2D eigenvalue weighted by Gasteiger charge is -2.12. The summed E-state index contributed by atoms with van der Waals surface area (Å²) in [5, 5.41) is 2.44. The summed E-state index contributed by atoms with van der Waals surface area (Å²) in [7, 11) is 0.675. The summed E-state index contributed by atoms with van der Waals surface area (Å²) in [5.41, 5.74) is 18.2. The molecule has 0 bridgehead atoms. The third-order valence-electron chi connectivity index (χ3n) is 3.98. The summed E-state index contributed by atoms with van der Waals surface area (Å²) in [6.45, 7) is 8.29. The molecule has 0 saturated heterocycles. The van der Waals surface area contributed by atoms with Crippen LogP contribution in [0.4, 0.5) is 11.4 Å². The smallest absolute Gasteiger partial charge is 0.257 e. The summed E-state index contributed by atoms with van der Waals surface area (Å²) < 4.78 is 5.93. The number of hydrogen-bond acceptors (Lipinski definition) is 3. The number of nitrogen functional groups attached to an aromatic ring is 2. The van der Waals surface area contributed by atoms with E-state index in [2.05, 4.69) is 39.8 Å². The summed E-state index contributed by atoms with van der Waals surface area (Å²) in [4.78, 5) is 0. The lowest BCUT2D eigenvalue weighted by Crippen LogP contribution is -2.29. The first-order valence-corrected chi connectivity index (χ1v) is 8.62. The Hall–Kier alpha value is -1.57. The number of anilines is 2. The molecule has 2 aromatic rings. The van der Waals surface area contributed by atoms with Gasteiger partial charge < -0.3 is 15.6 Å². The predicted octanol–water partition coefficient (Wildman–Crippen LogP) is 1.29. The molecule has 0 aliphatic carbocycles. The Morgan fingerprint density at radius 2 is 1.05 bits per heavy atom. The highest BCUT2D eigenvalue weighted by atomic mass is 28.3. The lowest BCUT2D eigenvalue weighted by atomic mass is 10.1. The molecule has 0 aliphatic heterocycles. The second-order valence-corrected chi connectivity index (χ2v) is 7.51. The van der Waals surface area contributed by atoms with E-state index < -0.39 is 0 Å². The summed E-state index contributed by atoms with van der Waals surface area (Å²) in [6, 6.07) is 8.02. The fourth-order valence-corrected chi connectivity index (χ4v) is 4.11. The summed E-state index contributed by atoms with van der Waals surface area (Å²) in [6.07, 6.45) is 0. The van der Waals surface area contributed by atoms with Gasteiger partial charge in [0.2, 0.25) is 0 Å². The van der Waals surface area contributed by atoms with Crippen LogP contribution in [-0.4, -0.2) is 19.5 Å². The van der Waals surface area contributed by atoms with Crippen LogP contribution in [0.5, 0.6) is 0 Å². The molecule has 21 heavy (non-hydrogen) atoms. The fraction of sp³-hybridized carbons (Fsp3) is 0.250. The second-order valence-electron chi connectivity index (χ2n) is 5.21. The zero-order chi connectivity index (χ0) is 15.6. The van der Waals surface area contributed by atoms with Crippen molar-refractivity contribution >= 4 is 41.3 Å². The van der Waals surface area contributed by atoms with Gasteiger partial charge in [-0.1, -0.05) is 12.1 Å². The standard InChI is InChI=1S/C16H20N2OSi2/c1-9-11(3)15(7-5-13(9)17)20-19-21-16-8-6-14(18)10(2)12(16)4/h5-8H,17-18H2,1-4H3. The van der Waals surface area contributed by atoms with E-state index in [1.807, 2.05) is 12.1 Å². The quantitative estimate of drug-likeness (QED) is 0.660. The van der Waals surface area contributed by atoms with Gasteiger partial charge in [-0.15, -0.1) is 0 Å². The molecule has 0 aromatic heterocycles. The van der Waals surface area contributed by atoms with E-state index in [0.29, 0.717) is 19.5 Å². The Morgan fingerprint density at radius 3 is 1.43 bits per heavy atom. The van der Waals surface area contributed by atoms with Crippen molar-refractivity contribution in [1.29, 1.82) is 0 Å². The van der Waals surface area contributed by atoms with Crippen molar-refractivity contribution < 1.29 is 4.12 Å². The van der Waals surface area contributed by atoms with Gasteiger partial charge in [0.25, 0.3) is 19.5 Å². The predicted molar refractivity (Wildman–Crippen MR) is 92.5 cm³/mol. The van der Waals surface area contributed by atoms with Gasteiger partial charge >= 0.3 is 0 Å². The SMILES string of the molecule is Cc1c(N)ccc([Si]O[Si]c2ccc(N)c(C)c2C)c1C. The van der Waals surface area contributed by atoms with E-state index in [1.165, 1.54) is 21.5 Å². The fourth-order valence-electron chi connectivity index (χ4n) is 2.04. The van der Waals surface area contributed by atoms with Crippen molar-refractivity contribution in [2.24, 2.45) is 0 Å². The highest BCUT2D eigenvalue weighted by Crippen LogP contribution is 2.13. The van der Waals surface area contributed by atoms with Crippen LogP contribution in [0.25, 0.3) is 0 Å². The molecule has 0 aliphatic rings. The van der Waals surface area contributed by atoms with E-state index in [-0.39, 0.29) is 0 Å². The van der Waals surface area contributed by atoms with Crippen LogP contribution in [-0.2, 0) is 4.12 Å². The van der Waals surface area contributed by atoms with Crippen LogP contribution < -0.4 is 21.8 Å². The minimum absolute atomic E-state index is 0.338. The van der Waals surface area contributed by atoms with E-state index >= 15 is 0 Å². The monoisotopic (exact) mass is 312 g/mol. The van der Waals surface area contributed by atoms with Crippen molar-refractivity contribution in [3.63, 3.8) is 0 Å². The number of rotatable bonds is 4.